The molecule has 0 fully saturated rings. The summed E-state index contributed by atoms with van der Waals surface area (Å²) < 4.78 is 20.2. The maximum atomic E-state index is 6.31. The van der Waals surface area contributed by atoms with E-state index in [9.17, 15) is 0 Å². The lowest BCUT2D eigenvalue weighted by atomic mass is 10.2. The van der Waals surface area contributed by atoms with E-state index in [2.05, 4.69) is 67.6 Å². The fraction of sp³-hybridized carbons (Fsp3) is 0.684. The molecule has 5 heteroatoms. The molecule has 0 aliphatic carbocycles. The standard InChI is InChI=1S/C19H33IO3Si/c1-4-7-14-21-24(22-15-8-5-2,23-16-9-6-3)17-18-12-10-11-13-19(18)20/h10-13H,4-9,14-17H2,1-3H3. The fourth-order valence-corrected chi connectivity index (χ4v) is 5.90. The normalized spacial score (nSPS) is 11.8. The zero-order valence-electron chi connectivity index (χ0n) is 15.5. The molecule has 1 aromatic carbocycles. The predicted molar refractivity (Wildman–Crippen MR) is 111 cm³/mol. The van der Waals surface area contributed by atoms with Gasteiger partial charge in [-0.1, -0.05) is 58.2 Å². The Bertz CT molecular complexity index is 416. The van der Waals surface area contributed by atoms with Gasteiger partial charge in [0.05, 0.1) is 0 Å². The van der Waals surface area contributed by atoms with Crippen LogP contribution in [0.15, 0.2) is 24.3 Å². The first-order chi connectivity index (χ1) is 11.7. The lowest BCUT2D eigenvalue weighted by molar-refractivity contribution is 0.0553. The monoisotopic (exact) mass is 464 g/mol. The first-order valence-electron chi connectivity index (χ1n) is 9.32. The highest BCUT2D eigenvalue weighted by molar-refractivity contribution is 14.1. The average molecular weight is 464 g/mol. The van der Waals surface area contributed by atoms with Gasteiger partial charge >= 0.3 is 8.80 Å². The number of benzene rings is 1. The van der Waals surface area contributed by atoms with Gasteiger partial charge in [0.25, 0.3) is 0 Å². The Labute approximate surface area is 163 Å². The second-order valence-corrected chi connectivity index (χ2v) is 9.81. The number of hydrogen-bond acceptors (Lipinski definition) is 3. The van der Waals surface area contributed by atoms with Crippen molar-refractivity contribution in [1.29, 1.82) is 0 Å². The minimum absolute atomic E-state index is 0.727. The molecule has 0 saturated heterocycles. The van der Waals surface area contributed by atoms with Crippen LogP contribution in [0.2, 0.25) is 0 Å². The van der Waals surface area contributed by atoms with E-state index in [1.54, 1.807) is 0 Å². The van der Waals surface area contributed by atoms with Crippen LogP contribution in [-0.4, -0.2) is 28.6 Å². The third-order valence-electron chi connectivity index (χ3n) is 3.82. The second kappa shape index (κ2) is 13.3. The summed E-state index contributed by atoms with van der Waals surface area (Å²) in [7, 11) is -2.68. The molecule has 0 N–H and O–H groups in total. The minimum atomic E-state index is -2.68. The molecule has 0 aliphatic heterocycles. The first-order valence-corrected chi connectivity index (χ1v) is 12.3. The van der Waals surface area contributed by atoms with Gasteiger partial charge in [-0.2, -0.15) is 0 Å². The van der Waals surface area contributed by atoms with Crippen molar-refractivity contribution in [1.82, 2.24) is 0 Å². The minimum Gasteiger partial charge on any atom is -0.373 e. The Morgan fingerprint density at radius 3 is 1.67 bits per heavy atom. The summed E-state index contributed by atoms with van der Waals surface area (Å²) in [5.74, 6) is 0. The summed E-state index contributed by atoms with van der Waals surface area (Å²) in [6.07, 6.45) is 6.52. The van der Waals surface area contributed by atoms with E-state index in [-0.39, 0.29) is 0 Å². The van der Waals surface area contributed by atoms with Crippen LogP contribution in [0.1, 0.15) is 64.9 Å². The largest absolute Gasteiger partial charge is 0.505 e. The zero-order valence-corrected chi connectivity index (χ0v) is 18.6. The molecular weight excluding hydrogens is 431 g/mol. The molecular formula is C19H33IO3Si. The quantitative estimate of drug-likeness (QED) is 0.199. The molecule has 0 heterocycles. The molecule has 3 nitrogen and oxygen atoms in total. The number of halogens is 1. The van der Waals surface area contributed by atoms with Crippen molar-refractivity contribution in [3.8, 4) is 0 Å². The van der Waals surface area contributed by atoms with E-state index < -0.39 is 8.80 Å². The van der Waals surface area contributed by atoms with E-state index in [1.807, 2.05) is 0 Å². The van der Waals surface area contributed by atoms with Crippen molar-refractivity contribution >= 4 is 31.4 Å². The van der Waals surface area contributed by atoms with Crippen LogP contribution in [0.3, 0.4) is 0 Å². The third-order valence-corrected chi connectivity index (χ3v) is 7.62. The van der Waals surface area contributed by atoms with Crippen LogP contribution >= 0.6 is 22.6 Å². The Kier molecular flexibility index (Phi) is 12.2. The van der Waals surface area contributed by atoms with Gasteiger partial charge in [-0.05, 0) is 53.5 Å². The smallest absolute Gasteiger partial charge is 0.373 e. The van der Waals surface area contributed by atoms with Gasteiger partial charge in [0.2, 0.25) is 0 Å². The van der Waals surface area contributed by atoms with Crippen LogP contribution in [-0.2, 0) is 19.3 Å². The lowest BCUT2D eigenvalue weighted by Crippen LogP contribution is -2.49. The number of hydrogen-bond donors (Lipinski definition) is 0. The SMILES string of the molecule is CCCCO[Si](Cc1ccccc1I)(OCCCC)OCCCC. The van der Waals surface area contributed by atoms with Crippen molar-refractivity contribution < 1.29 is 13.3 Å². The van der Waals surface area contributed by atoms with Crippen molar-refractivity contribution in [2.75, 3.05) is 19.8 Å². The molecule has 24 heavy (non-hydrogen) atoms. The highest BCUT2D eigenvalue weighted by atomic mass is 127. The Hall–Kier alpha value is 0.0469. The second-order valence-electron chi connectivity index (χ2n) is 6.06. The Balaban J connectivity index is 2.90. The van der Waals surface area contributed by atoms with E-state index in [1.165, 1.54) is 9.13 Å². The highest BCUT2D eigenvalue weighted by Gasteiger charge is 2.41. The molecule has 1 aromatic rings. The summed E-state index contributed by atoms with van der Waals surface area (Å²) in [5.41, 5.74) is 1.27. The van der Waals surface area contributed by atoms with Gasteiger partial charge in [-0.15, -0.1) is 0 Å². The topological polar surface area (TPSA) is 27.7 Å². The van der Waals surface area contributed by atoms with Crippen molar-refractivity contribution in [3.05, 3.63) is 33.4 Å². The number of unbranched alkanes of at least 4 members (excludes halogenated alkanes) is 3. The molecule has 0 radical (unpaired) electrons. The van der Waals surface area contributed by atoms with Crippen LogP contribution in [0, 0.1) is 3.57 Å². The Morgan fingerprint density at radius 1 is 0.792 bits per heavy atom. The summed E-state index contributed by atoms with van der Waals surface area (Å²) in [4.78, 5) is 0. The molecule has 0 atom stereocenters. The maximum Gasteiger partial charge on any atom is 0.505 e. The molecule has 138 valence electrons. The van der Waals surface area contributed by atoms with Crippen LogP contribution in [0.25, 0.3) is 0 Å². The predicted octanol–water partition coefficient (Wildman–Crippen LogP) is 5.76. The molecule has 0 amide bonds. The van der Waals surface area contributed by atoms with Crippen LogP contribution < -0.4 is 0 Å². The number of rotatable bonds is 14. The molecule has 0 bridgehead atoms. The lowest BCUT2D eigenvalue weighted by Gasteiger charge is -2.30. The van der Waals surface area contributed by atoms with E-state index in [4.69, 9.17) is 13.3 Å². The van der Waals surface area contributed by atoms with E-state index >= 15 is 0 Å². The summed E-state index contributed by atoms with van der Waals surface area (Å²) in [5, 5.41) is 0. The molecule has 0 saturated carbocycles. The maximum absolute atomic E-state index is 6.31. The molecule has 0 unspecified atom stereocenters. The molecule has 0 aliphatic rings. The van der Waals surface area contributed by atoms with Gasteiger partial charge in [0.15, 0.2) is 0 Å². The highest BCUT2D eigenvalue weighted by Crippen LogP contribution is 2.22. The van der Waals surface area contributed by atoms with Crippen molar-refractivity contribution in [2.45, 2.75) is 65.3 Å². The zero-order chi connectivity index (χ0) is 17.7. The van der Waals surface area contributed by atoms with Crippen molar-refractivity contribution in [3.63, 3.8) is 0 Å². The van der Waals surface area contributed by atoms with Crippen LogP contribution in [0.5, 0.6) is 0 Å². The first kappa shape index (κ1) is 22.1. The van der Waals surface area contributed by atoms with Gasteiger partial charge < -0.3 is 13.3 Å². The fourth-order valence-electron chi connectivity index (χ4n) is 2.27. The van der Waals surface area contributed by atoms with Gasteiger partial charge in [0.1, 0.15) is 0 Å². The molecule has 0 spiro atoms. The summed E-state index contributed by atoms with van der Waals surface area (Å²) in [6, 6.07) is 9.23. The Morgan fingerprint density at radius 2 is 1.25 bits per heavy atom. The van der Waals surface area contributed by atoms with Gasteiger partial charge in [-0.3, -0.25) is 0 Å². The van der Waals surface area contributed by atoms with Gasteiger partial charge in [-0.25, -0.2) is 0 Å². The van der Waals surface area contributed by atoms with E-state index in [0.29, 0.717) is 0 Å². The van der Waals surface area contributed by atoms with E-state index in [0.717, 1.165) is 64.4 Å². The average Bonchev–Trinajstić information content (AvgIpc) is 2.58. The summed E-state index contributed by atoms with van der Waals surface area (Å²) >= 11 is 2.39. The van der Waals surface area contributed by atoms with Crippen LogP contribution in [0.4, 0.5) is 0 Å². The third kappa shape index (κ3) is 8.42. The van der Waals surface area contributed by atoms with Crippen molar-refractivity contribution in [2.24, 2.45) is 0 Å². The molecule has 0 aromatic heterocycles. The molecule has 1 rings (SSSR count). The van der Waals surface area contributed by atoms with Gasteiger partial charge in [0, 0.05) is 29.4 Å². The summed E-state index contributed by atoms with van der Waals surface area (Å²) in [6.45, 7) is 8.73.